The summed E-state index contributed by atoms with van der Waals surface area (Å²) in [6, 6.07) is 8.56. The molecule has 1 aromatic carbocycles. The van der Waals surface area contributed by atoms with Crippen LogP contribution in [0.5, 0.6) is 0 Å². The first kappa shape index (κ1) is 14.2. The number of hydrogen-bond donors (Lipinski definition) is 1. The summed E-state index contributed by atoms with van der Waals surface area (Å²) in [4.78, 5) is 17.9. The lowest BCUT2D eigenvalue weighted by atomic mass is 10.0. The van der Waals surface area contributed by atoms with E-state index in [1.54, 1.807) is 0 Å². The Morgan fingerprint density at radius 1 is 1.33 bits per heavy atom. The van der Waals surface area contributed by atoms with Crippen LogP contribution in [0.3, 0.4) is 0 Å². The zero-order chi connectivity index (χ0) is 14.8. The molecular weight excluding hydrogens is 260 g/mol. The number of likely N-dealkylation sites (tertiary alicyclic amines) is 1. The van der Waals surface area contributed by atoms with E-state index in [1.807, 2.05) is 6.07 Å². The molecule has 0 aliphatic carbocycles. The Balaban J connectivity index is 1.90. The van der Waals surface area contributed by atoms with E-state index in [2.05, 4.69) is 48.1 Å². The van der Waals surface area contributed by atoms with Crippen LogP contribution in [-0.4, -0.2) is 22.3 Å². The van der Waals surface area contributed by atoms with Crippen molar-refractivity contribution in [2.24, 2.45) is 5.92 Å². The van der Waals surface area contributed by atoms with Gasteiger partial charge in [0.2, 0.25) is 5.91 Å². The van der Waals surface area contributed by atoms with Crippen LogP contribution >= 0.6 is 0 Å². The van der Waals surface area contributed by atoms with Gasteiger partial charge in [0.05, 0.1) is 6.04 Å². The summed E-state index contributed by atoms with van der Waals surface area (Å²) in [5, 5.41) is 1.25. The molecule has 21 heavy (non-hydrogen) atoms. The first-order chi connectivity index (χ1) is 10.2. The standard InChI is InChI=1S/C18H24N2O/c1-3-7-13-10-18(21)20(12-13)17(4-2)15-11-19-16-9-6-5-8-14(15)16/h5-6,8-9,11,13,17,19H,3-4,7,10,12H2,1-2H3. The fourth-order valence-corrected chi connectivity index (χ4v) is 3.69. The number of aromatic nitrogens is 1. The SMILES string of the molecule is CCCC1CC(=O)N(C(CC)c2c[nH]c3ccccc23)C1. The Morgan fingerprint density at radius 2 is 2.14 bits per heavy atom. The molecule has 3 rings (SSSR count). The van der Waals surface area contributed by atoms with Crippen LogP contribution in [0.4, 0.5) is 0 Å². The highest BCUT2D eigenvalue weighted by atomic mass is 16.2. The van der Waals surface area contributed by atoms with Gasteiger partial charge in [0.25, 0.3) is 0 Å². The van der Waals surface area contributed by atoms with Gasteiger partial charge in [-0.1, -0.05) is 38.5 Å². The van der Waals surface area contributed by atoms with E-state index in [-0.39, 0.29) is 6.04 Å². The summed E-state index contributed by atoms with van der Waals surface area (Å²) in [7, 11) is 0. The van der Waals surface area contributed by atoms with Crippen molar-refractivity contribution in [2.45, 2.75) is 45.6 Å². The third kappa shape index (κ3) is 2.57. The maximum atomic E-state index is 12.4. The average Bonchev–Trinajstić information content (AvgIpc) is 3.06. The fraction of sp³-hybridized carbons (Fsp3) is 0.500. The minimum Gasteiger partial charge on any atom is -0.361 e. The highest BCUT2D eigenvalue weighted by molar-refractivity contribution is 5.85. The van der Waals surface area contributed by atoms with Gasteiger partial charge < -0.3 is 9.88 Å². The van der Waals surface area contributed by atoms with E-state index in [0.29, 0.717) is 11.8 Å². The molecule has 3 heteroatoms. The Labute approximate surface area is 126 Å². The van der Waals surface area contributed by atoms with Gasteiger partial charge in [-0.05, 0) is 30.4 Å². The number of benzene rings is 1. The second-order valence-electron chi connectivity index (χ2n) is 6.12. The molecule has 1 aliphatic rings. The Morgan fingerprint density at radius 3 is 2.90 bits per heavy atom. The number of H-pyrrole nitrogens is 1. The molecule has 1 aromatic heterocycles. The molecule has 2 heterocycles. The summed E-state index contributed by atoms with van der Waals surface area (Å²) in [5.41, 5.74) is 2.42. The molecule has 0 spiro atoms. The molecule has 1 amide bonds. The van der Waals surface area contributed by atoms with Gasteiger partial charge in [0, 0.05) is 30.1 Å². The molecule has 112 valence electrons. The number of rotatable bonds is 5. The fourth-order valence-electron chi connectivity index (χ4n) is 3.69. The summed E-state index contributed by atoms with van der Waals surface area (Å²) >= 11 is 0. The van der Waals surface area contributed by atoms with Gasteiger partial charge in [-0.3, -0.25) is 4.79 Å². The van der Waals surface area contributed by atoms with Gasteiger partial charge >= 0.3 is 0 Å². The minimum absolute atomic E-state index is 0.204. The van der Waals surface area contributed by atoms with Crippen LogP contribution < -0.4 is 0 Å². The third-order valence-corrected chi connectivity index (χ3v) is 4.68. The van der Waals surface area contributed by atoms with Crippen molar-refractivity contribution in [3.63, 3.8) is 0 Å². The van der Waals surface area contributed by atoms with Crippen LogP contribution in [0.15, 0.2) is 30.5 Å². The molecule has 0 bridgehead atoms. The van der Waals surface area contributed by atoms with Crippen molar-refractivity contribution < 1.29 is 4.79 Å². The molecule has 2 aromatic rings. The zero-order valence-corrected chi connectivity index (χ0v) is 12.9. The number of carbonyl (C=O) groups excluding carboxylic acids is 1. The van der Waals surface area contributed by atoms with Crippen molar-refractivity contribution in [1.82, 2.24) is 9.88 Å². The number of fused-ring (bicyclic) bond motifs is 1. The number of hydrogen-bond acceptors (Lipinski definition) is 1. The zero-order valence-electron chi connectivity index (χ0n) is 12.9. The van der Waals surface area contributed by atoms with Gasteiger partial charge in [0.1, 0.15) is 0 Å². The number of aromatic amines is 1. The summed E-state index contributed by atoms with van der Waals surface area (Å²) < 4.78 is 0. The molecule has 1 aliphatic heterocycles. The number of nitrogens with zero attached hydrogens (tertiary/aromatic N) is 1. The normalized spacial score (nSPS) is 20.4. The van der Waals surface area contributed by atoms with Gasteiger partial charge in [0.15, 0.2) is 0 Å². The number of amides is 1. The van der Waals surface area contributed by atoms with E-state index < -0.39 is 0 Å². The topological polar surface area (TPSA) is 36.1 Å². The van der Waals surface area contributed by atoms with Crippen molar-refractivity contribution in [1.29, 1.82) is 0 Å². The average molecular weight is 284 g/mol. The number of carbonyl (C=O) groups is 1. The largest absolute Gasteiger partial charge is 0.361 e. The first-order valence-corrected chi connectivity index (χ1v) is 8.10. The highest BCUT2D eigenvalue weighted by Crippen LogP contribution is 2.35. The van der Waals surface area contributed by atoms with Gasteiger partial charge in [-0.2, -0.15) is 0 Å². The molecule has 3 nitrogen and oxygen atoms in total. The van der Waals surface area contributed by atoms with E-state index in [0.717, 1.165) is 37.7 Å². The smallest absolute Gasteiger partial charge is 0.223 e. The van der Waals surface area contributed by atoms with Crippen molar-refractivity contribution >= 4 is 16.8 Å². The number of para-hydroxylation sites is 1. The quantitative estimate of drug-likeness (QED) is 0.874. The van der Waals surface area contributed by atoms with E-state index in [1.165, 1.54) is 10.9 Å². The lowest BCUT2D eigenvalue weighted by Crippen LogP contribution is -2.29. The highest BCUT2D eigenvalue weighted by Gasteiger charge is 2.34. The third-order valence-electron chi connectivity index (χ3n) is 4.68. The summed E-state index contributed by atoms with van der Waals surface area (Å²) in [6.07, 6.45) is 6.10. The van der Waals surface area contributed by atoms with E-state index in [9.17, 15) is 4.79 Å². The van der Waals surface area contributed by atoms with Gasteiger partial charge in [-0.15, -0.1) is 0 Å². The first-order valence-electron chi connectivity index (χ1n) is 8.10. The molecule has 0 saturated carbocycles. The van der Waals surface area contributed by atoms with Crippen LogP contribution in [-0.2, 0) is 4.79 Å². The van der Waals surface area contributed by atoms with E-state index >= 15 is 0 Å². The van der Waals surface area contributed by atoms with Gasteiger partial charge in [-0.25, -0.2) is 0 Å². The molecular formula is C18H24N2O. The Bertz CT molecular complexity index is 631. The van der Waals surface area contributed by atoms with Crippen LogP contribution in [0.1, 0.15) is 51.1 Å². The molecule has 1 fully saturated rings. The Kier molecular flexibility index (Phi) is 4.00. The molecule has 0 radical (unpaired) electrons. The monoisotopic (exact) mass is 284 g/mol. The predicted octanol–water partition coefficient (Wildman–Crippen LogP) is 4.27. The second-order valence-corrected chi connectivity index (χ2v) is 6.12. The van der Waals surface area contributed by atoms with Crippen LogP contribution in [0, 0.1) is 5.92 Å². The lowest BCUT2D eigenvalue weighted by Gasteiger charge is -2.27. The Hall–Kier alpha value is -1.77. The maximum Gasteiger partial charge on any atom is 0.223 e. The molecule has 2 unspecified atom stereocenters. The van der Waals surface area contributed by atoms with E-state index in [4.69, 9.17) is 0 Å². The number of nitrogens with one attached hydrogen (secondary N) is 1. The van der Waals surface area contributed by atoms with Crippen molar-refractivity contribution in [3.8, 4) is 0 Å². The summed E-state index contributed by atoms with van der Waals surface area (Å²) in [5.74, 6) is 0.868. The van der Waals surface area contributed by atoms with Crippen LogP contribution in [0.25, 0.3) is 10.9 Å². The second kappa shape index (κ2) is 5.92. The molecule has 1 N–H and O–H groups in total. The van der Waals surface area contributed by atoms with Crippen LogP contribution in [0.2, 0.25) is 0 Å². The molecule has 2 atom stereocenters. The minimum atomic E-state index is 0.204. The predicted molar refractivity (Wildman–Crippen MR) is 86.1 cm³/mol. The van der Waals surface area contributed by atoms with Crippen molar-refractivity contribution in [3.05, 3.63) is 36.0 Å². The maximum absolute atomic E-state index is 12.4. The molecule has 1 saturated heterocycles. The lowest BCUT2D eigenvalue weighted by molar-refractivity contribution is -0.129. The summed E-state index contributed by atoms with van der Waals surface area (Å²) in [6.45, 7) is 5.29. The van der Waals surface area contributed by atoms with Crippen molar-refractivity contribution in [2.75, 3.05) is 6.54 Å².